The molecule has 108 valence electrons. The average molecular weight is 302 g/mol. The molecule has 0 radical (unpaired) electrons. The van der Waals surface area contributed by atoms with Crippen LogP contribution in [-0.4, -0.2) is 15.8 Å². The maximum absolute atomic E-state index is 12.4. The normalized spacial score (nSPS) is 17.6. The van der Waals surface area contributed by atoms with E-state index in [0.717, 1.165) is 11.3 Å². The third-order valence-corrected chi connectivity index (χ3v) is 4.12. The number of nitrogen functional groups attached to an aromatic ring is 1. The van der Waals surface area contributed by atoms with Crippen molar-refractivity contribution in [3.8, 4) is 0 Å². The molecule has 2 aromatic rings. The van der Waals surface area contributed by atoms with Gasteiger partial charge in [-0.25, -0.2) is 9.97 Å². The second kappa shape index (κ2) is 5.45. The number of Topliss-reactive ketones (excluding diaryl/α,β-unsaturated/α-hetero) is 1. The molecule has 1 aromatic carbocycles. The minimum absolute atomic E-state index is 0.0244. The molecule has 4 nitrogen and oxygen atoms in total. The maximum atomic E-state index is 12.4. The topological polar surface area (TPSA) is 68.9 Å². The number of benzene rings is 1. The Labute approximate surface area is 128 Å². The minimum atomic E-state index is 0.0244. The number of aryl methyl sites for hydroxylation is 1. The number of carbonyl (C=O) groups is 1. The van der Waals surface area contributed by atoms with Crippen molar-refractivity contribution in [3.05, 3.63) is 51.9 Å². The molecule has 0 saturated carbocycles. The highest BCUT2D eigenvalue weighted by Gasteiger charge is 2.30. The highest BCUT2D eigenvalue weighted by atomic mass is 35.5. The molecule has 0 unspecified atom stereocenters. The second-order valence-electron chi connectivity index (χ2n) is 5.28. The monoisotopic (exact) mass is 301 g/mol. The maximum Gasteiger partial charge on any atom is 0.169 e. The summed E-state index contributed by atoms with van der Waals surface area (Å²) in [6, 6.07) is 7.64. The third-order valence-electron chi connectivity index (χ3n) is 3.87. The van der Waals surface area contributed by atoms with Crippen LogP contribution in [0.1, 0.15) is 46.7 Å². The first-order valence-corrected chi connectivity index (χ1v) is 7.40. The van der Waals surface area contributed by atoms with Gasteiger partial charge >= 0.3 is 0 Å². The summed E-state index contributed by atoms with van der Waals surface area (Å²) < 4.78 is 0. The molecule has 21 heavy (non-hydrogen) atoms. The molecule has 0 amide bonds. The van der Waals surface area contributed by atoms with Crippen molar-refractivity contribution < 1.29 is 4.79 Å². The summed E-state index contributed by atoms with van der Waals surface area (Å²) in [5, 5.41) is 0.695. The van der Waals surface area contributed by atoms with Gasteiger partial charge in [-0.3, -0.25) is 4.79 Å². The molecule has 1 heterocycles. The number of rotatable bonds is 2. The van der Waals surface area contributed by atoms with Crippen LogP contribution in [0.25, 0.3) is 0 Å². The van der Waals surface area contributed by atoms with Gasteiger partial charge in [0.05, 0.1) is 11.3 Å². The van der Waals surface area contributed by atoms with Crippen LogP contribution in [0.2, 0.25) is 5.02 Å². The number of nitrogens with two attached hydrogens (primary N) is 1. The summed E-state index contributed by atoms with van der Waals surface area (Å²) in [5.74, 6) is 1.16. The lowest BCUT2D eigenvalue weighted by Gasteiger charge is -2.24. The van der Waals surface area contributed by atoms with Crippen molar-refractivity contribution in [2.75, 3.05) is 5.73 Å². The second-order valence-corrected chi connectivity index (χ2v) is 5.72. The van der Waals surface area contributed by atoms with E-state index in [9.17, 15) is 4.79 Å². The van der Waals surface area contributed by atoms with Crippen molar-refractivity contribution in [2.24, 2.45) is 0 Å². The number of fused-ring (bicyclic) bond motifs is 1. The molecular weight excluding hydrogens is 286 g/mol. The third kappa shape index (κ3) is 2.63. The average Bonchev–Trinajstić information content (AvgIpc) is 2.46. The van der Waals surface area contributed by atoms with Crippen LogP contribution in [-0.2, 0) is 12.8 Å². The molecule has 3 rings (SSSR count). The van der Waals surface area contributed by atoms with Gasteiger partial charge in [-0.2, -0.15) is 0 Å². The minimum Gasteiger partial charge on any atom is -0.383 e. The van der Waals surface area contributed by atoms with Crippen LogP contribution >= 0.6 is 11.6 Å². The number of hydrogen-bond acceptors (Lipinski definition) is 4. The molecule has 1 aliphatic rings. The van der Waals surface area contributed by atoms with Gasteiger partial charge in [0.2, 0.25) is 0 Å². The van der Waals surface area contributed by atoms with E-state index < -0.39 is 0 Å². The molecule has 0 aliphatic heterocycles. The van der Waals surface area contributed by atoms with Gasteiger partial charge < -0.3 is 5.73 Å². The van der Waals surface area contributed by atoms with Gasteiger partial charge in [0.25, 0.3) is 0 Å². The molecule has 1 aliphatic carbocycles. The molecule has 0 fully saturated rings. The van der Waals surface area contributed by atoms with E-state index in [2.05, 4.69) is 9.97 Å². The first-order valence-electron chi connectivity index (χ1n) is 7.02. The number of ketones is 1. The van der Waals surface area contributed by atoms with E-state index in [1.165, 1.54) is 0 Å². The highest BCUT2D eigenvalue weighted by Crippen LogP contribution is 2.34. The van der Waals surface area contributed by atoms with E-state index in [1.807, 2.05) is 31.2 Å². The number of hydrogen-bond donors (Lipinski definition) is 1. The van der Waals surface area contributed by atoms with Crippen molar-refractivity contribution in [1.29, 1.82) is 0 Å². The summed E-state index contributed by atoms with van der Waals surface area (Å²) >= 11 is 5.92. The predicted octanol–water partition coefficient (Wildman–Crippen LogP) is 3.19. The lowest BCUT2D eigenvalue weighted by atomic mass is 9.82. The van der Waals surface area contributed by atoms with Crippen molar-refractivity contribution in [3.63, 3.8) is 0 Å². The number of aromatic nitrogens is 2. The summed E-state index contributed by atoms with van der Waals surface area (Å²) in [7, 11) is 0. The Bertz CT molecular complexity index is 697. The zero-order valence-corrected chi connectivity index (χ0v) is 12.5. The molecule has 0 saturated heterocycles. The number of anilines is 1. The van der Waals surface area contributed by atoms with Gasteiger partial charge in [-0.05, 0) is 30.0 Å². The highest BCUT2D eigenvalue weighted by molar-refractivity contribution is 6.30. The Morgan fingerprint density at radius 2 is 1.95 bits per heavy atom. The Hall–Kier alpha value is -1.94. The molecule has 2 N–H and O–H groups in total. The fourth-order valence-electron chi connectivity index (χ4n) is 2.79. The summed E-state index contributed by atoms with van der Waals surface area (Å²) in [4.78, 5) is 21.1. The van der Waals surface area contributed by atoms with Crippen LogP contribution in [0.3, 0.4) is 0 Å². The van der Waals surface area contributed by atoms with Gasteiger partial charge in [-0.15, -0.1) is 0 Å². The molecular formula is C16H16ClN3O. The smallest absolute Gasteiger partial charge is 0.169 e. The number of halogens is 1. The molecule has 1 atom stereocenters. The molecule has 0 spiro atoms. The lowest BCUT2D eigenvalue weighted by molar-refractivity contribution is 0.0963. The van der Waals surface area contributed by atoms with Crippen molar-refractivity contribution >= 4 is 23.2 Å². The first kappa shape index (κ1) is 14.0. The van der Waals surface area contributed by atoms with Gasteiger partial charge in [0.15, 0.2) is 5.78 Å². The van der Waals surface area contributed by atoms with Crippen molar-refractivity contribution in [1.82, 2.24) is 9.97 Å². The zero-order chi connectivity index (χ0) is 15.0. The number of nitrogens with zero attached hydrogens (tertiary/aromatic N) is 2. The first-order chi connectivity index (χ1) is 10.1. The standard InChI is InChI=1S/C16H16ClN3O/c1-2-14-19-12-7-10(9-3-5-11(17)6-4-9)8-13(21)15(12)16(18)20-14/h3-6,10H,2,7-8H2,1H3,(H2,18,19,20)/t10-/m0/s1. The number of carbonyl (C=O) groups excluding carboxylic acids is 1. The van der Waals surface area contributed by atoms with Crippen molar-refractivity contribution in [2.45, 2.75) is 32.1 Å². The van der Waals surface area contributed by atoms with Crippen LogP contribution in [0, 0.1) is 0 Å². The van der Waals surface area contributed by atoms with E-state index in [0.29, 0.717) is 41.5 Å². The fraction of sp³-hybridized carbons (Fsp3) is 0.312. The molecule has 1 aromatic heterocycles. The predicted molar refractivity (Wildman–Crippen MR) is 82.7 cm³/mol. The summed E-state index contributed by atoms with van der Waals surface area (Å²) in [6.07, 6.45) is 1.85. The summed E-state index contributed by atoms with van der Waals surface area (Å²) in [6.45, 7) is 1.97. The van der Waals surface area contributed by atoms with Gasteiger partial charge in [0.1, 0.15) is 11.6 Å². The van der Waals surface area contributed by atoms with E-state index in [-0.39, 0.29) is 11.7 Å². The Balaban J connectivity index is 1.99. The molecule has 5 heteroatoms. The van der Waals surface area contributed by atoms with Gasteiger partial charge in [-0.1, -0.05) is 30.7 Å². The van der Waals surface area contributed by atoms with Crippen LogP contribution in [0.15, 0.2) is 24.3 Å². The quantitative estimate of drug-likeness (QED) is 0.925. The summed E-state index contributed by atoms with van der Waals surface area (Å²) in [5.41, 5.74) is 8.31. The van der Waals surface area contributed by atoms with E-state index >= 15 is 0 Å². The van der Waals surface area contributed by atoms with Crippen LogP contribution in [0.4, 0.5) is 5.82 Å². The fourth-order valence-corrected chi connectivity index (χ4v) is 2.92. The van der Waals surface area contributed by atoms with E-state index in [1.54, 1.807) is 0 Å². The SMILES string of the molecule is CCc1nc(N)c2c(n1)C[C@H](c1ccc(Cl)cc1)CC2=O. The van der Waals surface area contributed by atoms with Crippen LogP contribution in [0.5, 0.6) is 0 Å². The van der Waals surface area contributed by atoms with E-state index in [4.69, 9.17) is 17.3 Å². The lowest BCUT2D eigenvalue weighted by Crippen LogP contribution is -2.23. The Kier molecular flexibility index (Phi) is 3.64. The Morgan fingerprint density at radius 1 is 1.24 bits per heavy atom. The van der Waals surface area contributed by atoms with Crippen LogP contribution < -0.4 is 5.73 Å². The van der Waals surface area contributed by atoms with Gasteiger partial charge in [0, 0.05) is 17.9 Å². The molecule has 0 bridgehead atoms. The largest absolute Gasteiger partial charge is 0.383 e. The Morgan fingerprint density at radius 3 is 2.62 bits per heavy atom. The zero-order valence-electron chi connectivity index (χ0n) is 11.8.